The number of amidine groups is 1. The Balaban J connectivity index is 2.12. The highest BCUT2D eigenvalue weighted by Crippen LogP contribution is 2.07. The van der Waals surface area contributed by atoms with Crippen molar-refractivity contribution < 1.29 is 14.4 Å². The molecule has 3 amide bonds. The van der Waals surface area contributed by atoms with Crippen molar-refractivity contribution in [2.45, 2.75) is 39.5 Å². The van der Waals surface area contributed by atoms with Crippen LogP contribution in [0.2, 0.25) is 0 Å². The fourth-order valence-electron chi connectivity index (χ4n) is 1.70. The fraction of sp³-hybridized carbons (Fsp3) is 0.571. The summed E-state index contributed by atoms with van der Waals surface area (Å²) in [6, 6.07) is 0. The number of hydrogen-bond acceptors (Lipinski definition) is 4. The van der Waals surface area contributed by atoms with Gasteiger partial charge in [-0.25, -0.2) is 5.43 Å². The molecule has 0 spiro atoms. The summed E-state index contributed by atoms with van der Waals surface area (Å²) in [6.45, 7) is 4.17. The number of imide groups is 1. The summed E-state index contributed by atoms with van der Waals surface area (Å²) in [5.74, 6) is -0.238. The van der Waals surface area contributed by atoms with Gasteiger partial charge in [0.25, 0.3) is 11.8 Å². The molecule has 0 saturated carbocycles. The quantitative estimate of drug-likeness (QED) is 0.224. The van der Waals surface area contributed by atoms with Crippen LogP contribution in [-0.2, 0) is 14.4 Å². The van der Waals surface area contributed by atoms with Gasteiger partial charge in [-0.1, -0.05) is 20.3 Å². The Morgan fingerprint density at radius 3 is 2.43 bits per heavy atom. The number of carbonyl (C=O) groups excluding carboxylic acids is 3. The second kappa shape index (κ2) is 8.18. The molecule has 21 heavy (non-hydrogen) atoms. The maximum Gasteiger partial charge on any atom is 0.253 e. The summed E-state index contributed by atoms with van der Waals surface area (Å²) >= 11 is 0. The van der Waals surface area contributed by atoms with E-state index in [4.69, 9.17) is 5.73 Å². The summed E-state index contributed by atoms with van der Waals surface area (Å²) in [6.07, 6.45) is 5.00. The van der Waals surface area contributed by atoms with Gasteiger partial charge < -0.3 is 5.73 Å². The molecule has 1 rings (SSSR count). The Labute approximate surface area is 124 Å². The Hall–Kier alpha value is -2.18. The van der Waals surface area contributed by atoms with Gasteiger partial charge >= 0.3 is 0 Å². The van der Waals surface area contributed by atoms with Crippen molar-refractivity contribution in [3.8, 4) is 0 Å². The van der Waals surface area contributed by atoms with Crippen LogP contribution in [0, 0.1) is 5.92 Å². The van der Waals surface area contributed by atoms with E-state index in [-0.39, 0.29) is 23.6 Å². The molecule has 0 aromatic heterocycles. The van der Waals surface area contributed by atoms with Crippen LogP contribution >= 0.6 is 0 Å². The highest BCUT2D eigenvalue weighted by atomic mass is 16.2. The molecule has 0 unspecified atom stereocenters. The first-order chi connectivity index (χ1) is 9.91. The molecule has 0 radical (unpaired) electrons. The molecule has 7 nitrogen and oxygen atoms in total. The first-order valence-electron chi connectivity index (χ1n) is 7.07. The van der Waals surface area contributed by atoms with Crippen LogP contribution in [0.15, 0.2) is 17.3 Å². The number of hydrazone groups is 1. The van der Waals surface area contributed by atoms with E-state index >= 15 is 0 Å². The minimum absolute atomic E-state index is 0.0921. The van der Waals surface area contributed by atoms with Gasteiger partial charge in [0, 0.05) is 31.0 Å². The van der Waals surface area contributed by atoms with Gasteiger partial charge in [-0.15, -0.1) is 0 Å². The third-order valence-electron chi connectivity index (χ3n) is 3.09. The van der Waals surface area contributed by atoms with Crippen molar-refractivity contribution in [1.82, 2.24) is 10.3 Å². The zero-order chi connectivity index (χ0) is 15.8. The van der Waals surface area contributed by atoms with Gasteiger partial charge in [0.05, 0.1) is 0 Å². The smallest absolute Gasteiger partial charge is 0.253 e. The average molecular weight is 294 g/mol. The van der Waals surface area contributed by atoms with Crippen molar-refractivity contribution in [3.63, 3.8) is 0 Å². The van der Waals surface area contributed by atoms with Crippen LogP contribution in [0.4, 0.5) is 0 Å². The number of amides is 3. The third-order valence-corrected chi connectivity index (χ3v) is 3.09. The fourth-order valence-corrected chi connectivity index (χ4v) is 1.70. The van der Waals surface area contributed by atoms with Crippen molar-refractivity contribution in [1.29, 1.82) is 0 Å². The molecule has 0 saturated heterocycles. The summed E-state index contributed by atoms with van der Waals surface area (Å²) < 4.78 is 0. The van der Waals surface area contributed by atoms with Crippen molar-refractivity contribution in [2.75, 3.05) is 6.54 Å². The van der Waals surface area contributed by atoms with Crippen LogP contribution in [-0.4, -0.2) is 35.0 Å². The van der Waals surface area contributed by atoms with Crippen molar-refractivity contribution in [3.05, 3.63) is 12.2 Å². The van der Waals surface area contributed by atoms with E-state index in [9.17, 15) is 14.4 Å². The number of nitrogens with one attached hydrogen (secondary N) is 1. The van der Waals surface area contributed by atoms with E-state index in [1.165, 1.54) is 17.1 Å². The summed E-state index contributed by atoms with van der Waals surface area (Å²) in [7, 11) is 0. The molecule has 1 aliphatic heterocycles. The topological polar surface area (TPSA) is 105 Å². The largest absolute Gasteiger partial charge is 0.385 e. The molecule has 3 N–H and O–H groups in total. The van der Waals surface area contributed by atoms with Crippen LogP contribution in [0.25, 0.3) is 0 Å². The van der Waals surface area contributed by atoms with Gasteiger partial charge in [0.15, 0.2) is 0 Å². The second-order valence-corrected chi connectivity index (χ2v) is 5.20. The van der Waals surface area contributed by atoms with Gasteiger partial charge in [-0.05, 0) is 12.8 Å². The molecule has 0 bridgehead atoms. The zero-order valence-electron chi connectivity index (χ0n) is 12.5. The number of nitrogens with two attached hydrogens (primary N) is 1. The number of hydrogen-bond donors (Lipinski definition) is 2. The van der Waals surface area contributed by atoms with E-state index < -0.39 is 0 Å². The predicted octanol–water partition coefficient (Wildman–Crippen LogP) is 0.516. The van der Waals surface area contributed by atoms with Crippen molar-refractivity contribution >= 4 is 23.6 Å². The van der Waals surface area contributed by atoms with Gasteiger partial charge in [0.1, 0.15) is 5.84 Å². The first-order valence-corrected chi connectivity index (χ1v) is 7.07. The molecule has 1 aliphatic rings. The lowest BCUT2D eigenvalue weighted by Crippen LogP contribution is -2.30. The summed E-state index contributed by atoms with van der Waals surface area (Å²) in [5.41, 5.74) is 8.00. The number of carbonyl (C=O) groups is 3. The summed E-state index contributed by atoms with van der Waals surface area (Å²) in [5, 5.41) is 3.79. The van der Waals surface area contributed by atoms with E-state index in [0.717, 1.165) is 6.42 Å². The SMILES string of the molecule is CC(C)/C(N)=N/NC(=O)CCCCCN1C(=O)C=CC1=O. The van der Waals surface area contributed by atoms with Gasteiger partial charge in [0.2, 0.25) is 5.91 Å². The second-order valence-electron chi connectivity index (χ2n) is 5.20. The summed E-state index contributed by atoms with van der Waals surface area (Å²) in [4.78, 5) is 35.3. The van der Waals surface area contributed by atoms with Gasteiger partial charge in [-0.2, -0.15) is 5.10 Å². The van der Waals surface area contributed by atoms with E-state index in [2.05, 4.69) is 10.5 Å². The number of rotatable bonds is 8. The van der Waals surface area contributed by atoms with Crippen LogP contribution < -0.4 is 11.2 Å². The number of unbranched alkanes of at least 4 members (excludes halogenated alkanes) is 2. The Morgan fingerprint density at radius 1 is 1.24 bits per heavy atom. The molecule has 1 heterocycles. The molecule has 0 aromatic carbocycles. The minimum atomic E-state index is -0.267. The average Bonchev–Trinajstić information content (AvgIpc) is 2.75. The molecular weight excluding hydrogens is 272 g/mol. The minimum Gasteiger partial charge on any atom is -0.385 e. The van der Waals surface area contributed by atoms with E-state index in [0.29, 0.717) is 31.6 Å². The van der Waals surface area contributed by atoms with Gasteiger partial charge in [-0.3, -0.25) is 19.3 Å². The Morgan fingerprint density at radius 2 is 1.86 bits per heavy atom. The molecule has 7 heteroatoms. The van der Waals surface area contributed by atoms with Crippen LogP contribution in [0.3, 0.4) is 0 Å². The maximum absolute atomic E-state index is 11.5. The third kappa shape index (κ3) is 5.76. The normalized spacial score (nSPS) is 15.2. The molecule has 116 valence electrons. The maximum atomic E-state index is 11.5. The lowest BCUT2D eigenvalue weighted by molar-refractivity contribution is -0.136. The monoisotopic (exact) mass is 294 g/mol. The molecule has 0 fully saturated rings. The lowest BCUT2D eigenvalue weighted by Gasteiger charge is -2.12. The standard InChI is InChI=1S/C14H22N4O3/c1-10(2)14(15)17-16-11(19)6-4-3-5-9-18-12(20)7-8-13(18)21/h7-8,10H,3-6,9H2,1-2H3,(H2,15,17)(H,16,19). The highest BCUT2D eigenvalue weighted by Gasteiger charge is 2.22. The molecule has 0 atom stereocenters. The van der Waals surface area contributed by atoms with Crippen molar-refractivity contribution in [2.24, 2.45) is 16.8 Å². The predicted molar refractivity (Wildman–Crippen MR) is 78.9 cm³/mol. The van der Waals surface area contributed by atoms with E-state index in [1.807, 2.05) is 13.8 Å². The molecule has 0 aliphatic carbocycles. The first kappa shape index (κ1) is 16.9. The molecular formula is C14H22N4O3. The Kier molecular flexibility index (Phi) is 6.58. The Bertz CT molecular complexity index is 451. The van der Waals surface area contributed by atoms with Crippen LogP contribution in [0.5, 0.6) is 0 Å². The lowest BCUT2D eigenvalue weighted by atomic mass is 10.2. The van der Waals surface area contributed by atoms with E-state index in [1.54, 1.807) is 0 Å². The molecule has 0 aromatic rings. The zero-order valence-corrected chi connectivity index (χ0v) is 12.5. The number of nitrogens with zero attached hydrogens (tertiary/aromatic N) is 2. The highest BCUT2D eigenvalue weighted by molar-refractivity contribution is 6.12. The van der Waals surface area contributed by atoms with Crippen LogP contribution in [0.1, 0.15) is 39.5 Å².